The zero-order valence-corrected chi connectivity index (χ0v) is 13.9. The van der Waals surface area contributed by atoms with Crippen molar-refractivity contribution in [2.24, 2.45) is 5.41 Å². The number of hydrogen-bond donors (Lipinski definition) is 3. The summed E-state index contributed by atoms with van der Waals surface area (Å²) < 4.78 is 28.8. The SMILES string of the molecule is CC(=O)NC[C@H](O)CNc1cc(F)c(N2CC(=O)C3(CC3)C2)c(F)c1. The van der Waals surface area contributed by atoms with Gasteiger partial charge in [-0.15, -0.1) is 0 Å². The fourth-order valence-corrected chi connectivity index (χ4v) is 3.14. The molecule has 1 amide bonds. The standard InChI is InChI=1S/C17H21F2N3O3/c1-10(23)20-6-12(24)7-21-11-4-13(18)16(14(19)5-11)22-8-15(25)17(9-22)2-3-17/h4-5,12,21,24H,2-3,6-9H2,1H3,(H,20,23)/t12-/m0/s1. The minimum absolute atomic E-state index is 0.0316. The number of carbonyl (C=O) groups excluding carboxylic acids is 2. The molecule has 1 saturated carbocycles. The van der Waals surface area contributed by atoms with Crippen molar-refractivity contribution in [1.82, 2.24) is 5.32 Å². The Hall–Kier alpha value is -2.22. The molecule has 3 N–H and O–H groups in total. The van der Waals surface area contributed by atoms with Gasteiger partial charge in [0.1, 0.15) is 5.69 Å². The van der Waals surface area contributed by atoms with E-state index in [4.69, 9.17) is 0 Å². The summed E-state index contributed by atoms with van der Waals surface area (Å²) in [4.78, 5) is 24.2. The fraction of sp³-hybridized carbons (Fsp3) is 0.529. The number of halogens is 2. The summed E-state index contributed by atoms with van der Waals surface area (Å²) in [5, 5.41) is 14.9. The van der Waals surface area contributed by atoms with Crippen molar-refractivity contribution in [1.29, 1.82) is 0 Å². The summed E-state index contributed by atoms with van der Waals surface area (Å²) >= 11 is 0. The van der Waals surface area contributed by atoms with Crippen LogP contribution in [0.3, 0.4) is 0 Å². The fourth-order valence-electron chi connectivity index (χ4n) is 3.14. The smallest absolute Gasteiger partial charge is 0.216 e. The molecule has 1 heterocycles. The number of hydrogen-bond acceptors (Lipinski definition) is 5. The maximum absolute atomic E-state index is 14.4. The first kappa shape index (κ1) is 17.6. The summed E-state index contributed by atoms with van der Waals surface area (Å²) in [6, 6.07) is 2.29. The first-order valence-electron chi connectivity index (χ1n) is 8.24. The van der Waals surface area contributed by atoms with Crippen molar-refractivity contribution in [2.75, 3.05) is 36.4 Å². The van der Waals surface area contributed by atoms with Crippen molar-refractivity contribution in [3.05, 3.63) is 23.8 Å². The Morgan fingerprint density at radius 3 is 2.48 bits per heavy atom. The normalized spacial score (nSPS) is 19.2. The highest BCUT2D eigenvalue weighted by molar-refractivity contribution is 5.95. The number of carbonyl (C=O) groups is 2. The second-order valence-electron chi connectivity index (χ2n) is 6.82. The molecule has 0 radical (unpaired) electrons. The van der Waals surface area contributed by atoms with E-state index in [-0.39, 0.29) is 48.1 Å². The molecule has 2 aliphatic rings. The van der Waals surface area contributed by atoms with E-state index < -0.39 is 17.7 Å². The van der Waals surface area contributed by atoms with Gasteiger partial charge in [-0.2, -0.15) is 0 Å². The van der Waals surface area contributed by atoms with Gasteiger partial charge < -0.3 is 20.6 Å². The third kappa shape index (κ3) is 3.73. The number of nitrogens with one attached hydrogen (secondary N) is 2. The molecular formula is C17H21F2N3O3. The largest absolute Gasteiger partial charge is 0.389 e. The maximum atomic E-state index is 14.4. The molecule has 1 spiro atoms. The van der Waals surface area contributed by atoms with Crippen molar-refractivity contribution < 1.29 is 23.5 Å². The number of ketones is 1. The third-order valence-corrected chi connectivity index (χ3v) is 4.73. The van der Waals surface area contributed by atoms with E-state index in [1.54, 1.807) is 0 Å². The van der Waals surface area contributed by atoms with Gasteiger partial charge >= 0.3 is 0 Å². The average molecular weight is 353 g/mol. The van der Waals surface area contributed by atoms with Gasteiger partial charge in [-0.3, -0.25) is 9.59 Å². The Bertz CT molecular complexity index is 683. The molecule has 8 heteroatoms. The van der Waals surface area contributed by atoms with Gasteiger partial charge in [-0.05, 0) is 25.0 Å². The van der Waals surface area contributed by atoms with Gasteiger partial charge in [-0.1, -0.05) is 0 Å². The van der Waals surface area contributed by atoms with Crippen LogP contribution in [0.25, 0.3) is 0 Å². The van der Waals surface area contributed by atoms with Crippen LogP contribution in [0.5, 0.6) is 0 Å². The van der Waals surface area contributed by atoms with Crippen LogP contribution in [0, 0.1) is 17.0 Å². The highest BCUT2D eigenvalue weighted by atomic mass is 19.1. The Labute approximate surface area is 144 Å². The predicted octanol–water partition coefficient (Wildman–Crippen LogP) is 1.04. The first-order chi connectivity index (χ1) is 11.8. The number of aliphatic hydroxyl groups excluding tert-OH is 1. The van der Waals surface area contributed by atoms with E-state index in [1.165, 1.54) is 11.8 Å². The number of benzene rings is 1. The quantitative estimate of drug-likeness (QED) is 0.712. The molecular weight excluding hydrogens is 332 g/mol. The van der Waals surface area contributed by atoms with E-state index in [1.807, 2.05) is 0 Å². The molecule has 0 aromatic heterocycles. The van der Waals surface area contributed by atoms with E-state index in [2.05, 4.69) is 10.6 Å². The van der Waals surface area contributed by atoms with Crippen molar-refractivity contribution in [2.45, 2.75) is 25.9 Å². The number of amides is 1. The zero-order valence-electron chi connectivity index (χ0n) is 13.9. The summed E-state index contributed by atoms with van der Waals surface area (Å²) in [6.45, 7) is 1.81. The predicted molar refractivity (Wildman–Crippen MR) is 88.4 cm³/mol. The minimum Gasteiger partial charge on any atom is -0.389 e. The van der Waals surface area contributed by atoms with Crippen LogP contribution in [0.1, 0.15) is 19.8 Å². The lowest BCUT2D eigenvalue weighted by Gasteiger charge is -2.20. The van der Waals surface area contributed by atoms with Crippen LogP contribution in [-0.4, -0.2) is 49.1 Å². The molecule has 1 aromatic rings. The molecule has 2 fully saturated rings. The summed E-state index contributed by atoms with van der Waals surface area (Å²) in [7, 11) is 0. The lowest BCUT2D eigenvalue weighted by molar-refractivity contribution is -0.120. The average Bonchev–Trinajstić information content (AvgIpc) is 3.23. The van der Waals surface area contributed by atoms with Crippen molar-refractivity contribution in [3.8, 4) is 0 Å². The number of rotatable bonds is 6. The minimum atomic E-state index is -0.888. The monoisotopic (exact) mass is 353 g/mol. The molecule has 1 aliphatic carbocycles. The van der Waals surface area contributed by atoms with E-state index in [0.717, 1.165) is 25.0 Å². The van der Waals surface area contributed by atoms with Crippen LogP contribution < -0.4 is 15.5 Å². The van der Waals surface area contributed by atoms with Crippen LogP contribution in [0.15, 0.2) is 12.1 Å². The topological polar surface area (TPSA) is 81.7 Å². The second kappa shape index (κ2) is 6.59. The molecule has 0 bridgehead atoms. The van der Waals surface area contributed by atoms with Crippen molar-refractivity contribution in [3.63, 3.8) is 0 Å². The molecule has 1 aromatic carbocycles. The van der Waals surface area contributed by atoms with Crippen LogP contribution in [-0.2, 0) is 9.59 Å². The van der Waals surface area contributed by atoms with E-state index >= 15 is 0 Å². The second-order valence-corrected chi connectivity index (χ2v) is 6.82. The molecule has 25 heavy (non-hydrogen) atoms. The third-order valence-electron chi connectivity index (χ3n) is 4.73. The molecule has 136 valence electrons. The van der Waals surface area contributed by atoms with Gasteiger partial charge in [0.2, 0.25) is 5.91 Å². The van der Waals surface area contributed by atoms with Gasteiger partial charge in [0.25, 0.3) is 0 Å². The molecule has 1 saturated heterocycles. The maximum Gasteiger partial charge on any atom is 0.216 e. The Kier molecular flexibility index (Phi) is 4.64. The molecule has 1 aliphatic heterocycles. The van der Waals surface area contributed by atoms with Gasteiger partial charge in [-0.25, -0.2) is 8.78 Å². The number of nitrogens with zero attached hydrogens (tertiary/aromatic N) is 1. The molecule has 1 atom stereocenters. The number of aliphatic hydroxyl groups is 1. The molecule has 6 nitrogen and oxygen atoms in total. The van der Waals surface area contributed by atoms with Crippen LogP contribution in [0.4, 0.5) is 20.2 Å². The number of Topliss-reactive ketones (excluding diaryl/α,β-unsaturated/α-hetero) is 1. The Morgan fingerprint density at radius 2 is 1.96 bits per heavy atom. The van der Waals surface area contributed by atoms with Crippen LogP contribution >= 0.6 is 0 Å². The van der Waals surface area contributed by atoms with E-state index in [9.17, 15) is 23.5 Å². The van der Waals surface area contributed by atoms with Crippen LogP contribution in [0.2, 0.25) is 0 Å². The van der Waals surface area contributed by atoms with Crippen molar-refractivity contribution >= 4 is 23.1 Å². The number of anilines is 2. The van der Waals surface area contributed by atoms with Gasteiger partial charge in [0.05, 0.1) is 12.6 Å². The molecule has 0 unspecified atom stereocenters. The summed E-state index contributed by atoms with van der Waals surface area (Å²) in [6.07, 6.45) is 0.690. The lowest BCUT2D eigenvalue weighted by atomic mass is 10.1. The first-order valence-corrected chi connectivity index (χ1v) is 8.24. The van der Waals surface area contributed by atoms with Gasteiger partial charge in [0.15, 0.2) is 17.4 Å². The Balaban J connectivity index is 1.64. The Morgan fingerprint density at radius 1 is 1.32 bits per heavy atom. The van der Waals surface area contributed by atoms with E-state index in [0.29, 0.717) is 6.54 Å². The zero-order chi connectivity index (χ0) is 18.2. The highest BCUT2D eigenvalue weighted by Gasteiger charge is 2.55. The van der Waals surface area contributed by atoms with Gasteiger partial charge in [0, 0.05) is 37.7 Å². The lowest BCUT2D eigenvalue weighted by Crippen LogP contribution is -2.34. The summed E-state index contributed by atoms with van der Waals surface area (Å²) in [5.41, 5.74) is -0.377. The highest BCUT2D eigenvalue weighted by Crippen LogP contribution is 2.51. The molecule has 3 rings (SSSR count). The summed E-state index contributed by atoms with van der Waals surface area (Å²) in [5.74, 6) is -1.71.